The summed E-state index contributed by atoms with van der Waals surface area (Å²) in [4.78, 5) is 0. The highest BCUT2D eigenvalue weighted by atomic mass is 35.5. The molecule has 0 spiro atoms. The van der Waals surface area contributed by atoms with Gasteiger partial charge in [0.15, 0.2) is 0 Å². The molecule has 1 rings (SSSR count). The minimum atomic E-state index is -1.30. The summed E-state index contributed by atoms with van der Waals surface area (Å²) in [7, 11) is 0. The SMILES string of the molecule is FC1(C/C=C/Cl)C=CC(Cl)=CC1. The number of halogens is 3. The molecule has 0 aliphatic heterocycles. The molecule has 0 N–H and O–H groups in total. The number of rotatable bonds is 2. The van der Waals surface area contributed by atoms with Crippen molar-refractivity contribution in [2.45, 2.75) is 18.5 Å². The maximum atomic E-state index is 13.6. The number of allylic oxidation sites excluding steroid dienone is 5. The Morgan fingerprint density at radius 1 is 1.67 bits per heavy atom. The molecule has 66 valence electrons. The van der Waals surface area contributed by atoms with Gasteiger partial charge in [0.2, 0.25) is 0 Å². The molecule has 12 heavy (non-hydrogen) atoms. The molecule has 0 bridgehead atoms. The van der Waals surface area contributed by atoms with Gasteiger partial charge in [-0.15, -0.1) is 0 Å². The summed E-state index contributed by atoms with van der Waals surface area (Å²) < 4.78 is 13.6. The molecule has 0 aromatic heterocycles. The Morgan fingerprint density at radius 3 is 2.92 bits per heavy atom. The maximum absolute atomic E-state index is 13.6. The van der Waals surface area contributed by atoms with Crippen molar-refractivity contribution < 1.29 is 4.39 Å². The molecule has 0 saturated carbocycles. The van der Waals surface area contributed by atoms with Gasteiger partial charge in [-0.05, 0) is 12.2 Å². The Hall–Kier alpha value is -0.270. The molecule has 1 unspecified atom stereocenters. The van der Waals surface area contributed by atoms with E-state index in [-0.39, 0.29) is 0 Å². The number of hydrogen-bond acceptors (Lipinski definition) is 0. The van der Waals surface area contributed by atoms with Crippen molar-refractivity contribution in [2.75, 3.05) is 0 Å². The third kappa shape index (κ3) is 2.65. The smallest absolute Gasteiger partial charge is 0.136 e. The largest absolute Gasteiger partial charge is 0.239 e. The van der Waals surface area contributed by atoms with E-state index in [1.165, 1.54) is 11.6 Å². The predicted octanol–water partition coefficient (Wildman–Crippen LogP) is 3.92. The van der Waals surface area contributed by atoms with Gasteiger partial charge in [-0.3, -0.25) is 0 Å². The van der Waals surface area contributed by atoms with Gasteiger partial charge in [0.05, 0.1) is 0 Å². The molecule has 1 aliphatic rings. The van der Waals surface area contributed by atoms with Crippen LogP contribution in [0.1, 0.15) is 12.8 Å². The van der Waals surface area contributed by atoms with Crippen LogP contribution in [0.4, 0.5) is 4.39 Å². The quantitative estimate of drug-likeness (QED) is 0.643. The van der Waals surface area contributed by atoms with Crippen LogP contribution in [0.2, 0.25) is 0 Å². The highest BCUT2D eigenvalue weighted by molar-refractivity contribution is 6.31. The second-order valence-electron chi connectivity index (χ2n) is 2.73. The molecular weight excluding hydrogens is 198 g/mol. The highest BCUT2D eigenvalue weighted by Crippen LogP contribution is 2.29. The zero-order chi connectivity index (χ0) is 9.03. The van der Waals surface area contributed by atoms with Gasteiger partial charge in [0.25, 0.3) is 0 Å². The average Bonchev–Trinajstić information content (AvgIpc) is 2.08. The van der Waals surface area contributed by atoms with E-state index in [4.69, 9.17) is 23.2 Å². The number of hydrogen-bond donors (Lipinski definition) is 0. The fourth-order valence-electron chi connectivity index (χ4n) is 1.02. The summed E-state index contributed by atoms with van der Waals surface area (Å²) in [6, 6.07) is 0. The molecule has 0 fully saturated rings. The van der Waals surface area contributed by atoms with Crippen molar-refractivity contribution in [3.63, 3.8) is 0 Å². The summed E-state index contributed by atoms with van der Waals surface area (Å²) in [5, 5.41) is 0.595. The summed E-state index contributed by atoms with van der Waals surface area (Å²) in [5.74, 6) is 0. The van der Waals surface area contributed by atoms with Gasteiger partial charge in [-0.1, -0.05) is 35.4 Å². The Bertz CT molecular complexity index is 239. The summed E-state index contributed by atoms with van der Waals surface area (Å²) in [5.41, 5.74) is 0.0267. The van der Waals surface area contributed by atoms with Crippen LogP contribution >= 0.6 is 23.2 Å². The summed E-state index contributed by atoms with van der Waals surface area (Å²) in [6.45, 7) is 0. The Balaban J connectivity index is 2.59. The first-order valence-corrected chi connectivity index (χ1v) is 4.47. The topological polar surface area (TPSA) is 0 Å². The average molecular weight is 207 g/mol. The van der Waals surface area contributed by atoms with Crippen molar-refractivity contribution in [2.24, 2.45) is 0 Å². The molecule has 0 nitrogen and oxygen atoms in total. The molecule has 1 aliphatic carbocycles. The molecule has 0 aromatic carbocycles. The predicted molar refractivity (Wildman–Crippen MR) is 51.1 cm³/mol. The first-order chi connectivity index (χ1) is 5.66. The molecule has 0 aromatic rings. The molecule has 0 radical (unpaired) electrons. The molecule has 0 amide bonds. The van der Waals surface area contributed by atoms with E-state index in [2.05, 4.69) is 0 Å². The summed E-state index contributed by atoms with van der Waals surface area (Å²) >= 11 is 10.9. The van der Waals surface area contributed by atoms with Gasteiger partial charge >= 0.3 is 0 Å². The minimum Gasteiger partial charge on any atom is -0.239 e. The van der Waals surface area contributed by atoms with Gasteiger partial charge in [0, 0.05) is 23.4 Å². The van der Waals surface area contributed by atoms with Crippen LogP contribution in [0, 0.1) is 0 Å². The molecular formula is C9H9Cl2F. The first-order valence-electron chi connectivity index (χ1n) is 3.65. The minimum absolute atomic E-state index is 0.299. The van der Waals surface area contributed by atoms with Crippen LogP contribution < -0.4 is 0 Å². The fraction of sp³-hybridized carbons (Fsp3) is 0.333. The zero-order valence-corrected chi connectivity index (χ0v) is 7.95. The van der Waals surface area contributed by atoms with Gasteiger partial charge in [-0.2, -0.15) is 0 Å². The van der Waals surface area contributed by atoms with Crippen molar-refractivity contribution in [1.82, 2.24) is 0 Å². The monoisotopic (exact) mass is 206 g/mol. The third-order valence-electron chi connectivity index (χ3n) is 1.72. The van der Waals surface area contributed by atoms with Crippen LogP contribution in [0.25, 0.3) is 0 Å². The van der Waals surface area contributed by atoms with E-state index >= 15 is 0 Å². The van der Waals surface area contributed by atoms with Crippen LogP contribution in [-0.4, -0.2) is 5.67 Å². The van der Waals surface area contributed by atoms with Crippen molar-refractivity contribution >= 4 is 23.2 Å². The van der Waals surface area contributed by atoms with E-state index < -0.39 is 5.67 Å². The van der Waals surface area contributed by atoms with Crippen molar-refractivity contribution in [3.05, 3.63) is 34.9 Å². The van der Waals surface area contributed by atoms with E-state index in [0.717, 1.165) is 0 Å². The van der Waals surface area contributed by atoms with Crippen LogP contribution in [-0.2, 0) is 0 Å². The van der Waals surface area contributed by atoms with Crippen molar-refractivity contribution in [3.8, 4) is 0 Å². The van der Waals surface area contributed by atoms with Crippen LogP contribution in [0.15, 0.2) is 34.9 Å². The summed E-state index contributed by atoms with van der Waals surface area (Å²) in [6.07, 6.45) is 6.94. The van der Waals surface area contributed by atoms with Crippen molar-refractivity contribution in [1.29, 1.82) is 0 Å². The molecule has 1 atom stereocenters. The standard InChI is InChI=1S/C9H9Cl2F/c10-7-1-4-9(12)5-2-8(11)3-6-9/h1-3,5,7H,4,6H2/b7-1+. The lowest BCUT2D eigenvalue weighted by Crippen LogP contribution is -2.19. The second kappa shape index (κ2) is 4.11. The fourth-order valence-corrected chi connectivity index (χ4v) is 1.25. The van der Waals surface area contributed by atoms with E-state index in [1.54, 1.807) is 18.2 Å². The Labute approximate surface area is 81.4 Å². The lowest BCUT2D eigenvalue weighted by atomic mass is 9.94. The second-order valence-corrected chi connectivity index (χ2v) is 3.42. The van der Waals surface area contributed by atoms with Gasteiger partial charge in [0.1, 0.15) is 5.67 Å². The van der Waals surface area contributed by atoms with Gasteiger partial charge in [-0.25, -0.2) is 4.39 Å². The molecule has 0 saturated heterocycles. The first kappa shape index (κ1) is 9.82. The zero-order valence-electron chi connectivity index (χ0n) is 6.43. The molecule has 3 heteroatoms. The molecule has 0 heterocycles. The lowest BCUT2D eigenvalue weighted by molar-refractivity contribution is 0.235. The van der Waals surface area contributed by atoms with E-state index in [9.17, 15) is 4.39 Å². The van der Waals surface area contributed by atoms with Gasteiger partial charge < -0.3 is 0 Å². The van der Waals surface area contributed by atoms with Crippen LogP contribution in [0.5, 0.6) is 0 Å². The van der Waals surface area contributed by atoms with E-state index in [0.29, 0.717) is 17.9 Å². The number of alkyl halides is 1. The Morgan fingerprint density at radius 2 is 2.42 bits per heavy atom. The van der Waals surface area contributed by atoms with Crippen LogP contribution in [0.3, 0.4) is 0 Å². The maximum Gasteiger partial charge on any atom is 0.136 e. The third-order valence-corrected chi connectivity index (χ3v) is 2.18. The highest BCUT2D eigenvalue weighted by Gasteiger charge is 2.25. The Kier molecular flexibility index (Phi) is 3.36. The van der Waals surface area contributed by atoms with E-state index in [1.807, 2.05) is 0 Å². The lowest BCUT2D eigenvalue weighted by Gasteiger charge is -2.20. The normalized spacial score (nSPS) is 29.4.